The third kappa shape index (κ3) is 4.15. The Morgan fingerprint density at radius 1 is 1.15 bits per heavy atom. The number of anilines is 1. The molecule has 1 N–H and O–H groups in total. The summed E-state index contributed by atoms with van der Waals surface area (Å²) in [7, 11) is -3.66. The highest BCUT2D eigenvalue weighted by molar-refractivity contribution is 9.10. The van der Waals surface area contributed by atoms with Gasteiger partial charge < -0.3 is 0 Å². The third-order valence-electron chi connectivity index (χ3n) is 3.46. The standard InChI is InChI=1S/C13H16BrF2NO2S/c14-10-6-12(16)13(7-11(10)15)17-20(18,19)8-9-4-2-1-3-5-9/h6-7,9,17H,1-5,8H2. The Labute approximate surface area is 125 Å². The van der Waals surface area contributed by atoms with Crippen molar-refractivity contribution in [3.8, 4) is 0 Å². The second-order valence-electron chi connectivity index (χ2n) is 5.13. The molecule has 7 heteroatoms. The molecular formula is C13H16BrF2NO2S. The summed E-state index contributed by atoms with van der Waals surface area (Å²) in [6.45, 7) is 0. The van der Waals surface area contributed by atoms with Crippen molar-refractivity contribution >= 4 is 31.6 Å². The molecule has 0 aromatic heterocycles. The van der Waals surface area contributed by atoms with Gasteiger partial charge in [-0.25, -0.2) is 17.2 Å². The summed E-state index contributed by atoms with van der Waals surface area (Å²) < 4.78 is 53.1. The van der Waals surface area contributed by atoms with E-state index in [0.29, 0.717) is 0 Å². The summed E-state index contributed by atoms with van der Waals surface area (Å²) in [6, 6.07) is 1.76. The molecule has 0 spiro atoms. The summed E-state index contributed by atoms with van der Waals surface area (Å²) in [5.41, 5.74) is -0.346. The fourth-order valence-corrected chi connectivity index (χ4v) is 4.32. The number of sulfonamides is 1. The lowest BCUT2D eigenvalue weighted by Crippen LogP contribution is -2.24. The van der Waals surface area contributed by atoms with Gasteiger partial charge in [-0.05, 0) is 40.8 Å². The lowest BCUT2D eigenvalue weighted by atomic mass is 9.91. The average molecular weight is 368 g/mol. The minimum Gasteiger partial charge on any atom is -0.280 e. The predicted molar refractivity (Wildman–Crippen MR) is 78.0 cm³/mol. The molecule has 1 aliphatic carbocycles. The van der Waals surface area contributed by atoms with Crippen molar-refractivity contribution in [2.24, 2.45) is 5.92 Å². The molecule has 2 rings (SSSR count). The first-order valence-corrected chi connectivity index (χ1v) is 8.97. The van der Waals surface area contributed by atoms with E-state index < -0.39 is 21.7 Å². The van der Waals surface area contributed by atoms with Gasteiger partial charge in [-0.1, -0.05) is 19.3 Å². The quantitative estimate of drug-likeness (QED) is 0.815. The molecule has 1 aromatic carbocycles. The molecule has 0 saturated heterocycles. The second kappa shape index (κ2) is 6.39. The number of benzene rings is 1. The summed E-state index contributed by atoms with van der Waals surface area (Å²) in [4.78, 5) is 0. The molecular weight excluding hydrogens is 352 g/mol. The Kier molecular flexibility index (Phi) is 5.01. The highest BCUT2D eigenvalue weighted by atomic mass is 79.9. The Hall–Kier alpha value is -0.690. The van der Waals surface area contributed by atoms with Gasteiger partial charge in [-0.3, -0.25) is 4.72 Å². The van der Waals surface area contributed by atoms with Gasteiger partial charge in [-0.15, -0.1) is 0 Å². The minimum absolute atomic E-state index is 0.0368. The van der Waals surface area contributed by atoms with Crippen molar-refractivity contribution in [2.75, 3.05) is 10.5 Å². The van der Waals surface area contributed by atoms with Crippen LogP contribution in [-0.4, -0.2) is 14.2 Å². The van der Waals surface area contributed by atoms with Gasteiger partial charge in [0.25, 0.3) is 0 Å². The summed E-state index contributed by atoms with van der Waals surface area (Å²) in [5, 5.41) is 0. The van der Waals surface area contributed by atoms with Gasteiger partial charge in [0.15, 0.2) is 0 Å². The third-order valence-corrected chi connectivity index (χ3v) is 5.50. The molecule has 1 aliphatic rings. The molecule has 112 valence electrons. The van der Waals surface area contributed by atoms with E-state index in [1.807, 2.05) is 0 Å². The molecule has 0 radical (unpaired) electrons. The lowest BCUT2D eigenvalue weighted by molar-refractivity contribution is 0.385. The van der Waals surface area contributed by atoms with Crippen molar-refractivity contribution in [3.63, 3.8) is 0 Å². The normalized spacial score (nSPS) is 17.1. The van der Waals surface area contributed by atoms with Crippen LogP contribution in [0.5, 0.6) is 0 Å². The van der Waals surface area contributed by atoms with Crippen LogP contribution in [0.15, 0.2) is 16.6 Å². The van der Waals surface area contributed by atoms with E-state index in [1.165, 1.54) is 0 Å². The number of nitrogens with one attached hydrogen (secondary N) is 1. The van der Waals surface area contributed by atoms with Gasteiger partial charge in [0.2, 0.25) is 10.0 Å². The maximum Gasteiger partial charge on any atom is 0.233 e. The second-order valence-corrected chi connectivity index (χ2v) is 7.75. The molecule has 3 nitrogen and oxygen atoms in total. The number of rotatable bonds is 4. The van der Waals surface area contributed by atoms with Gasteiger partial charge in [0.1, 0.15) is 11.6 Å². The first-order valence-electron chi connectivity index (χ1n) is 6.52. The molecule has 1 fully saturated rings. The molecule has 20 heavy (non-hydrogen) atoms. The first kappa shape index (κ1) is 15.7. The Bertz CT molecular complexity index is 586. The van der Waals surface area contributed by atoms with Crippen LogP contribution in [0.4, 0.5) is 14.5 Å². The Morgan fingerprint density at radius 3 is 2.45 bits per heavy atom. The number of hydrogen-bond acceptors (Lipinski definition) is 2. The van der Waals surface area contributed by atoms with Crippen LogP contribution < -0.4 is 4.72 Å². The van der Waals surface area contributed by atoms with E-state index in [2.05, 4.69) is 20.7 Å². The molecule has 0 aliphatic heterocycles. The van der Waals surface area contributed by atoms with E-state index in [1.54, 1.807) is 0 Å². The zero-order valence-electron chi connectivity index (χ0n) is 10.8. The topological polar surface area (TPSA) is 46.2 Å². The van der Waals surface area contributed by atoms with Gasteiger partial charge in [0.05, 0.1) is 15.9 Å². The van der Waals surface area contributed by atoms with Crippen LogP contribution in [0.1, 0.15) is 32.1 Å². The number of halogens is 3. The molecule has 0 atom stereocenters. The Balaban J connectivity index is 2.09. The van der Waals surface area contributed by atoms with Crippen LogP contribution in [0.2, 0.25) is 0 Å². The fraction of sp³-hybridized carbons (Fsp3) is 0.538. The smallest absolute Gasteiger partial charge is 0.233 e. The monoisotopic (exact) mass is 367 g/mol. The van der Waals surface area contributed by atoms with Crippen molar-refractivity contribution in [3.05, 3.63) is 28.2 Å². The van der Waals surface area contributed by atoms with Gasteiger partial charge >= 0.3 is 0 Å². The molecule has 0 bridgehead atoms. The van der Waals surface area contributed by atoms with Crippen LogP contribution >= 0.6 is 15.9 Å². The van der Waals surface area contributed by atoms with E-state index in [9.17, 15) is 17.2 Å². The molecule has 0 heterocycles. The highest BCUT2D eigenvalue weighted by Crippen LogP contribution is 2.27. The zero-order chi connectivity index (χ0) is 14.8. The molecule has 0 unspecified atom stereocenters. The summed E-state index contributed by atoms with van der Waals surface area (Å²) in [5.74, 6) is -1.44. The lowest BCUT2D eigenvalue weighted by Gasteiger charge is -2.21. The van der Waals surface area contributed by atoms with Crippen LogP contribution in [0, 0.1) is 17.6 Å². The molecule has 0 amide bonds. The fourth-order valence-electron chi connectivity index (χ4n) is 2.47. The molecule has 1 aromatic rings. The predicted octanol–water partition coefficient (Wildman–Crippen LogP) is 4.05. The zero-order valence-corrected chi connectivity index (χ0v) is 13.2. The Morgan fingerprint density at radius 2 is 1.80 bits per heavy atom. The summed E-state index contributed by atoms with van der Waals surface area (Å²) in [6.07, 6.45) is 4.94. The van der Waals surface area contributed by atoms with E-state index in [-0.39, 0.29) is 21.8 Å². The van der Waals surface area contributed by atoms with Crippen molar-refractivity contribution in [1.82, 2.24) is 0 Å². The van der Waals surface area contributed by atoms with E-state index in [0.717, 1.165) is 44.2 Å². The van der Waals surface area contributed by atoms with E-state index >= 15 is 0 Å². The van der Waals surface area contributed by atoms with Crippen molar-refractivity contribution in [2.45, 2.75) is 32.1 Å². The maximum absolute atomic E-state index is 13.6. The minimum atomic E-state index is -3.66. The molecule has 1 saturated carbocycles. The maximum atomic E-state index is 13.6. The van der Waals surface area contributed by atoms with Crippen molar-refractivity contribution in [1.29, 1.82) is 0 Å². The van der Waals surface area contributed by atoms with Gasteiger partial charge in [0, 0.05) is 6.07 Å². The van der Waals surface area contributed by atoms with Crippen molar-refractivity contribution < 1.29 is 17.2 Å². The van der Waals surface area contributed by atoms with Crippen LogP contribution in [0.3, 0.4) is 0 Å². The van der Waals surface area contributed by atoms with Gasteiger partial charge in [-0.2, -0.15) is 0 Å². The average Bonchev–Trinajstić information content (AvgIpc) is 2.36. The summed E-state index contributed by atoms with van der Waals surface area (Å²) >= 11 is 2.85. The number of hydrogen-bond donors (Lipinski definition) is 1. The first-order chi connectivity index (χ1) is 9.37. The van der Waals surface area contributed by atoms with Crippen LogP contribution in [0.25, 0.3) is 0 Å². The highest BCUT2D eigenvalue weighted by Gasteiger charge is 2.22. The largest absolute Gasteiger partial charge is 0.280 e. The van der Waals surface area contributed by atoms with E-state index in [4.69, 9.17) is 0 Å². The van der Waals surface area contributed by atoms with Crippen LogP contribution in [-0.2, 0) is 10.0 Å². The SMILES string of the molecule is O=S(=O)(CC1CCCCC1)Nc1cc(F)c(Br)cc1F.